The number of carboxylic acids is 1. The lowest BCUT2D eigenvalue weighted by atomic mass is 10.0. The molecule has 1 aliphatic rings. The first-order valence-electron chi connectivity index (χ1n) is 5.74. The van der Waals surface area contributed by atoms with Crippen LogP contribution >= 0.6 is 0 Å². The number of urea groups is 1. The monoisotopic (exact) mass is 308 g/mol. The van der Waals surface area contributed by atoms with Crippen LogP contribution in [0.2, 0.25) is 0 Å². The lowest BCUT2D eigenvalue weighted by Gasteiger charge is -2.23. The summed E-state index contributed by atoms with van der Waals surface area (Å²) in [7, 11) is -3.17. The molecule has 0 aromatic carbocycles. The third-order valence-electron chi connectivity index (χ3n) is 2.63. The van der Waals surface area contributed by atoms with Crippen LogP contribution in [-0.2, 0) is 24.2 Å². The van der Waals surface area contributed by atoms with Crippen molar-refractivity contribution in [2.45, 2.75) is 18.9 Å². The molecule has 1 unspecified atom stereocenters. The normalized spacial score (nSPS) is 24.1. The van der Waals surface area contributed by atoms with Gasteiger partial charge in [0.1, 0.15) is 13.2 Å². The summed E-state index contributed by atoms with van der Waals surface area (Å²) in [5.74, 6) is -2.24. The number of carbonyl (C=O) groups is 3. The summed E-state index contributed by atoms with van der Waals surface area (Å²) in [5, 5.41) is 12.6. The fraction of sp³-hybridized carbons (Fsp3) is 0.700. The summed E-state index contributed by atoms with van der Waals surface area (Å²) in [6, 6.07) is -0.839. The minimum atomic E-state index is -3.17. The van der Waals surface area contributed by atoms with Gasteiger partial charge in [0.15, 0.2) is 9.84 Å². The minimum absolute atomic E-state index is 0.0144. The predicted molar refractivity (Wildman–Crippen MR) is 66.8 cm³/mol. The Morgan fingerprint density at radius 1 is 1.30 bits per heavy atom. The molecule has 0 aliphatic carbocycles. The summed E-state index contributed by atoms with van der Waals surface area (Å²) in [4.78, 5) is 32.9. The first-order chi connectivity index (χ1) is 9.12. The number of nitrogens with one attached hydrogen (secondary N) is 2. The number of carbonyl (C=O) groups excluding carboxylic acids is 2. The van der Waals surface area contributed by atoms with Crippen molar-refractivity contribution in [1.82, 2.24) is 10.6 Å². The zero-order chi connectivity index (χ0) is 15.4. The average molecular weight is 308 g/mol. The summed E-state index contributed by atoms with van der Waals surface area (Å²) >= 11 is 0. The second kappa shape index (κ2) is 6.18. The number of hydrogen-bond acceptors (Lipinski definition) is 6. The standard InChI is InChI=1S/C10H16N2O7S/c1-10(2-3-20(17,18)6-10)12-9(16)11-7(13)4-19-5-8(14)15/h2-6H2,1H3,(H,14,15)(H2,11,12,13,16). The smallest absolute Gasteiger partial charge is 0.329 e. The van der Waals surface area contributed by atoms with Crippen LogP contribution in [-0.4, -0.2) is 61.7 Å². The van der Waals surface area contributed by atoms with E-state index < -0.39 is 46.5 Å². The molecule has 3 N–H and O–H groups in total. The van der Waals surface area contributed by atoms with Gasteiger partial charge in [-0.25, -0.2) is 18.0 Å². The van der Waals surface area contributed by atoms with E-state index in [1.807, 2.05) is 5.32 Å². The van der Waals surface area contributed by atoms with Gasteiger partial charge in [-0.05, 0) is 13.3 Å². The first kappa shape index (κ1) is 16.4. The van der Waals surface area contributed by atoms with Crippen LogP contribution in [0.25, 0.3) is 0 Å². The third kappa shape index (κ3) is 5.53. The molecule has 3 amide bonds. The Balaban J connectivity index is 2.37. The second-order valence-electron chi connectivity index (χ2n) is 4.79. The molecule has 0 radical (unpaired) electrons. The maximum Gasteiger partial charge on any atom is 0.329 e. The van der Waals surface area contributed by atoms with Gasteiger partial charge in [0.05, 0.1) is 17.0 Å². The van der Waals surface area contributed by atoms with Crippen LogP contribution in [0.15, 0.2) is 0 Å². The fourth-order valence-electron chi connectivity index (χ4n) is 1.81. The molecule has 0 saturated carbocycles. The van der Waals surface area contributed by atoms with E-state index in [1.165, 1.54) is 0 Å². The zero-order valence-corrected chi connectivity index (χ0v) is 11.7. The summed E-state index contributed by atoms with van der Waals surface area (Å²) in [6.07, 6.45) is 0.270. The maximum absolute atomic E-state index is 11.5. The van der Waals surface area contributed by atoms with Crippen LogP contribution in [0.4, 0.5) is 4.79 Å². The molecule has 1 heterocycles. The number of imide groups is 1. The molecule has 0 aromatic rings. The van der Waals surface area contributed by atoms with Crippen molar-refractivity contribution in [1.29, 1.82) is 0 Å². The van der Waals surface area contributed by atoms with E-state index in [-0.39, 0.29) is 17.9 Å². The van der Waals surface area contributed by atoms with Crippen molar-refractivity contribution in [2.24, 2.45) is 0 Å². The zero-order valence-electron chi connectivity index (χ0n) is 10.8. The molecule has 1 aliphatic heterocycles. The summed E-state index contributed by atoms with van der Waals surface area (Å²) in [5.41, 5.74) is -0.912. The van der Waals surface area contributed by atoms with E-state index in [0.29, 0.717) is 0 Å². The van der Waals surface area contributed by atoms with Gasteiger partial charge in [-0.2, -0.15) is 0 Å². The Morgan fingerprint density at radius 2 is 1.95 bits per heavy atom. The molecule has 0 bridgehead atoms. The number of hydrogen-bond donors (Lipinski definition) is 3. The van der Waals surface area contributed by atoms with Crippen LogP contribution in [0.5, 0.6) is 0 Å². The van der Waals surface area contributed by atoms with Crippen molar-refractivity contribution in [3.63, 3.8) is 0 Å². The highest BCUT2D eigenvalue weighted by Crippen LogP contribution is 2.22. The topological polar surface area (TPSA) is 139 Å². The Morgan fingerprint density at radius 3 is 2.45 bits per heavy atom. The maximum atomic E-state index is 11.5. The number of sulfone groups is 1. The molecule has 1 atom stereocenters. The minimum Gasteiger partial charge on any atom is -0.480 e. The highest BCUT2D eigenvalue weighted by Gasteiger charge is 2.39. The van der Waals surface area contributed by atoms with Gasteiger partial charge in [0.25, 0.3) is 5.91 Å². The van der Waals surface area contributed by atoms with Crippen LogP contribution < -0.4 is 10.6 Å². The molecule has 9 nitrogen and oxygen atoms in total. The van der Waals surface area contributed by atoms with Crippen molar-refractivity contribution >= 4 is 27.7 Å². The van der Waals surface area contributed by atoms with Crippen LogP contribution in [0.3, 0.4) is 0 Å². The van der Waals surface area contributed by atoms with Gasteiger partial charge in [0.2, 0.25) is 0 Å². The second-order valence-corrected chi connectivity index (χ2v) is 6.98. The van der Waals surface area contributed by atoms with Crippen molar-refractivity contribution in [3.05, 3.63) is 0 Å². The van der Waals surface area contributed by atoms with E-state index in [2.05, 4.69) is 10.1 Å². The summed E-state index contributed by atoms with van der Waals surface area (Å²) in [6.45, 7) is 0.349. The van der Waals surface area contributed by atoms with E-state index in [1.54, 1.807) is 6.92 Å². The van der Waals surface area contributed by atoms with Gasteiger partial charge < -0.3 is 15.2 Å². The van der Waals surface area contributed by atoms with E-state index >= 15 is 0 Å². The first-order valence-corrected chi connectivity index (χ1v) is 7.56. The van der Waals surface area contributed by atoms with Gasteiger partial charge in [-0.15, -0.1) is 0 Å². The van der Waals surface area contributed by atoms with Crippen molar-refractivity contribution in [2.75, 3.05) is 24.7 Å². The quantitative estimate of drug-likeness (QED) is 0.561. The SMILES string of the molecule is CC1(NC(=O)NC(=O)COCC(=O)O)CCS(=O)(=O)C1. The molecule has 1 rings (SSSR count). The van der Waals surface area contributed by atoms with Crippen molar-refractivity contribution in [3.8, 4) is 0 Å². The van der Waals surface area contributed by atoms with Crippen molar-refractivity contribution < 1.29 is 32.6 Å². The Kier molecular flexibility index (Phi) is 5.06. The molecule has 0 aromatic heterocycles. The van der Waals surface area contributed by atoms with Gasteiger partial charge in [0, 0.05) is 0 Å². The molecular weight excluding hydrogens is 292 g/mol. The molecular formula is C10H16N2O7S. The number of ether oxygens (including phenoxy) is 1. The van der Waals surface area contributed by atoms with Gasteiger partial charge in [-0.1, -0.05) is 0 Å². The van der Waals surface area contributed by atoms with Gasteiger partial charge in [-0.3, -0.25) is 10.1 Å². The van der Waals surface area contributed by atoms with Crippen LogP contribution in [0, 0.1) is 0 Å². The number of rotatable bonds is 5. The molecule has 1 saturated heterocycles. The lowest BCUT2D eigenvalue weighted by molar-refractivity contribution is -0.143. The third-order valence-corrected chi connectivity index (χ3v) is 4.53. The lowest BCUT2D eigenvalue weighted by Crippen LogP contribution is -2.52. The molecule has 10 heteroatoms. The fourth-order valence-corrected chi connectivity index (χ4v) is 3.90. The van der Waals surface area contributed by atoms with Crippen LogP contribution in [0.1, 0.15) is 13.3 Å². The highest BCUT2D eigenvalue weighted by molar-refractivity contribution is 7.91. The van der Waals surface area contributed by atoms with E-state index in [4.69, 9.17) is 5.11 Å². The largest absolute Gasteiger partial charge is 0.480 e. The van der Waals surface area contributed by atoms with E-state index in [0.717, 1.165) is 0 Å². The number of amides is 3. The van der Waals surface area contributed by atoms with E-state index in [9.17, 15) is 22.8 Å². The molecule has 114 valence electrons. The van der Waals surface area contributed by atoms with Gasteiger partial charge >= 0.3 is 12.0 Å². The molecule has 0 spiro atoms. The predicted octanol–water partition coefficient (Wildman–Crippen LogP) is -1.51. The molecule has 1 fully saturated rings. The number of carboxylic acid groups (broad SMARTS) is 1. The summed E-state index contributed by atoms with van der Waals surface area (Å²) < 4.78 is 27.2. The Hall–Kier alpha value is -1.68. The Bertz CT molecular complexity index is 516. The highest BCUT2D eigenvalue weighted by atomic mass is 32.2. The average Bonchev–Trinajstić information content (AvgIpc) is 2.51. The Labute approximate surface area is 115 Å². The number of aliphatic carboxylic acids is 1. The molecule has 20 heavy (non-hydrogen) atoms.